The Morgan fingerprint density at radius 1 is 1.22 bits per heavy atom. The summed E-state index contributed by atoms with van der Waals surface area (Å²) in [5, 5.41) is 15.8. The van der Waals surface area contributed by atoms with Crippen LogP contribution >= 0.6 is 0 Å². The molecule has 0 aromatic rings. The molecular formula is C6H16O3. The first-order valence-corrected chi connectivity index (χ1v) is 3.04. The molecule has 0 rings (SSSR count). The van der Waals surface area contributed by atoms with Crippen LogP contribution in [-0.4, -0.2) is 37.1 Å². The van der Waals surface area contributed by atoms with Crippen LogP contribution in [0.2, 0.25) is 0 Å². The zero-order chi connectivity index (χ0) is 7.54. The Kier molecular flexibility index (Phi) is 20.3. The summed E-state index contributed by atoms with van der Waals surface area (Å²) in [5.74, 6) is 0. The SMILES string of the molecule is CCCO.COCCO. The van der Waals surface area contributed by atoms with Gasteiger partial charge in [0.1, 0.15) is 0 Å². The molecule has 0 aliphatic heterocycles. The maximum absolute atomic E-state index is 7.94. The highest BCUT2D eigenvalue weighted by Crippen LogP contribution is 1.61. The lowest BCUT2D eigenvalue weighted by Gasteiger charge is -1.84. The van der Waals surface area contributed by atoms with Crippen molar-refractivity contribution in [2.75, 3.05) is 26.9 Å². The molecule has 0 saturated heterocycles. The summed E-state index contributed by atoms with van der Waals surface area (Å²) in [4.78, 5) is 0. The third-order valence-corrected chi connectivity index (χ3v) is 0.519. The van der Waals surface area contributed by atoms with Crippen LogP contribution in [0.15, 0.2) is 0 Å². The van der Waals surface area contributed by atoms with E-state index in [1.54, 1.807) is 7.11 Å². The molecule has 0 aromatic heterocycles. The Bertz CT molecular complexity index is 27.5. The minimum Gasteiger partial charge on any atom is -0.396 e. The predicted molar refractivity (Wildman–Crippen MR) is 36.3 cm³/mol. The quantitative estimate of drug-likeness (QED) is 0.574. The van der Waals surface area contributed by atoms with Gasteiger partial charge in [-0.15, -0.1) is 0 Å². The minimum atomic E-state index is 0.122. The molecule has 0 atom stereocenters. The van der Waals surface area contributed by atoms with E-state index in [2.05, 4.69) is 4.74 Å². The van der Waals surface area contributed by atoms with E-state index in [0.717, 1.165) is 6.42 Å². The molecular weight excluding hydrogens is 120 g/mol. The molecule has 0 aromatic carbocycles. The Hall–Kier alpha value is -0.120. The van der Waals surface area contributed by atoms with Gasteiger partial charge in [0.15, 0.2) is 0 Å². The molecule has 3 heteroatoms. The fraction of sp³-hybridized carbons (Fsp3) is 1.00. The minimum absolute atomic E-state index is 0.122. The molecule has 58 valence electrons. The van der Waals surface area contributed by atoms with E-state index in [4.69, 9.17) is 10.2 Å². The van der Waals surface area contributed by atoms with Gasteiger partial charge < -0.3 is 14.9 Å². The highest BCUT2D eigenvalue weighted by atomic mass is 16.5. The number of rotatable bonds is 3. The highest BCUT2D eigenvalue weighted by molar-refractivity contribution is 4.13. The van der Waals surface area contributed by atoms with Gasteiger partial charge in [0.05, 0.1) is 13.2 Å². The summed E-state index contributed by atoms with van der Waals surface area (Å²) < 4.78 is 4.44. The Balaban J connectivity index is 0. The molecule has 0 aliphatic rings. The molecule has 0 saturated carbocycles. The van der Waals surface area contributed by atoms with Crippen LogP contribution in [0.25, 0.3) is 0 Å². The maximum atomic E-state index is 7.94. The number of hydrogen-bond acceptors (Lipinski definition) is 3. The molecule has 3 nitrogen and oxygen atoms in total. The van der Waals surface area contributed by atoms with Crippen LogP contribution in [0.4, 0.5) is 0 Å². The van der Waals surface area contributed by atoms with E-state index in [9.17, 15) is 0 Å². The normalized spacial score (nSPS) is 8.00. The average molecular weight is 136 g/mol. The van der Waals surface area contributed by atoms with Crippen LogP contribution in [-0.2, 0) is 4.74 Å². The monoisotopic (exact) mass is 136 g/mol. The van der Waals surface area contributed by atoms with Crippen molar-refractivity contribution in [1.29, 1.82) is 0 Å². The van der Waals surface area contributed by atoms with Crippen molar-refractivity contribution in [2.24, 2.45) is 0 Å². The first kappa shape index (κ1) is 11.6. The maximum Gasteiger partial charge on any atom is 0.0693 e. The van der Waals surface area contributed by atoms with Gasteiger partial charge in [0.2, 0.25) is 0 Å². The van der Waals surface area contributed by atoms with Crippen molar-refractivity contribution in [3.8, 4) is 0 Å². The lowest BCUT2D eigenvalue weighted by molar-refractivity contribution is 0.135. The van der Waals surface area contributed by atoms with Gasteiger partial charge in [-0.05, 0) is 6.42 Å². The summed E-state index contributed by atoms with van der Waals surface area (Å²) in [5.41, 5.74) is 0. The second-order valence-corrected chi connectivity index (χ2v) is 1.44. The van der Waals surface area contributed by atoms with Crippen molar-refractivity contribution < 1.29 is 14.9 Å². The fourth-order valence-electron chi connectivity index (χ4n) is 0.0913. The Morgan fingerprint density at radius 3 is 1.67 bits per heavy atom. The molecule has 2 N–H and O–H groups in total. The van der Waals surface area contributed by atoms with Gasteiger partial charge in [-0.2, -0.15) is 0 Å². The summed E-state index contributed by atoms with van der Waals surface area (Å²) in [6.45, 7) is 2.82. The summed E-state index contributed by atoms with van der Waals surface area (Å²) in [6, 6.07) is 0. The van der Waals surface area contributed by atoms with E-state index in [-0.39, 0.29) is 6.61 Å². The number of ether oxygens (including phenoxy) is 1. The number of hydrogen-bond donors (Lipinski definition) is 2. The van der Waals surface area contributed by atoms with Gasteiger partial charge in [0.25, 0.3) is 0 Å². The van der Waals surface area contributed by atoms with Crippen LogP contribution < -0.4 is 0 Å². The molecule has 0 heterocycles. The summed E-state index contributed by atoms with van der Waals surface area (Å²) in [6.07, 6.45) is 0.875. The van der Waals surface area contributed by atoms with Crippen LogP contribution in [0.3, 0.4) is 0 Å². The third kappa shape index (κ3) is 32.8. The van der Waals surface area contributed by atoms with Gasteiger partial charge in [-0.1, -0.05) is 6.92 Å². The molecule has 0 fully saturated rings. The topological polar surface area (TPSA) is 49.7 Å². The summed E-state index contributed by atoms with van der Waals surface area (Å²) in [7, 11) is 1.55. The molecule has 0 unspecified atom stereocenters. The first-order valence-electron chi connectivity index (χ1n) is 3.04. The molecule has 0 aliphatic carbocycles. The lowest BCUT2D eigenvalue weighted by atomic mass is 10.5. The van der Waals surface area contributed by atoms with Crippen molar-refractivity contribution in [1.82, 2.24) is 0 Å². The molecule has 0 amide bonds. The van der Waals surface area contributed by atoms with Crippen molar-refractivity contribution in [3.63, 3.8) is 0 Å². The largest absolute Gasteiger partial charge is 0.396 e. The molecule has 0 spiro atoms. The van der Waals surface area contributed by atoms with E-state index >= 15 is 0 Å². The van der Waals surface area contributed by atoms with E-state index in [1.165, 1.54) is 0 Å². The van der Waals surface area contributed by atoms with Crippen molar-refractivity contribution in [3.05, 3.63) is 0 Å². The van der Waals surface area contributed by atoms with E-state index in [0.29, 0.717) is 13.2 Å². The van der Waals surface area contributed by atoms with Gasteiger partial charge >= 0.3 is 0 Å². The summed E-state index contributed by atoms with van der Waals surface area (Å²) >= 11 is 0. The average Bonchev–Trinajstić information content (AvgIpc) is 1.91. The van der Waals surface area contributed by atoms with Gasteiger partial charge in [-0.3, -0.25) is 0 Å². The predicted octanol–water partition coefficient (Wildman–Crippen LogP) is 0.0138. The van der Waals surface area contributed by atoms with Gasteiger partial charge in [-0.25, -0.2) is 0 Å². The standard InChI is InChI=1S/C3H8O2.C3H8O/c1-5-3-2-4;1-2-3-4/h4H,2-3H2,1H3;4H,2-3H2,1H3. The number of aliphatic hydroxyl groups excluding tert-OH is 2. The van der Waals surface area contributed by atoms with Gasteiger partial charge in [0, 0.05) is 13.7 Å². The number of methoxy groups -OCH3 is 1. The van der Waals surface area contributed by atoms with E-state index in [1.807, 2.05) is 6.92 Å². The molecule has 0 bridgehead atoms. The Morgan fingerprint density at radius 2 is 1.67 bits per heavy atom. The molecule has 0 radical (unpaired) electrons. The van der Waals surface area contributed by atoms with Crippen LogP contribution in [0.1, 0.15) is 13.3 Å². The van der Waals surface area contributed by atoms with Crippen molar-refractivity contribution in [2.45, 2.75) is 13.3 Å². The lowest BCUT2D eigenvalue weighted by Crippen LogP contribution is -1.91. The fourth-order valence-corrected chi connectivity index (χ4v) is 0.0913. The third-order valence-electron chi connectivity index (χ3n) is 0.519. The molecule has 9 heavy (non-hydrogen) atoms. The Labute approximate surface area is 56.3 Å². The second kappa shape index (κ2) is 15.7. The first-order chi connectivity index (χ1) is 4.33. The van der Waals surface area contributed by atoms with Crippen molar-refractivity contribution >= 4 is 0 Å². The highest BCUT2D eigenvalue weighted by Gasteiger charge is 1.67. The zero-order valence-electron chi connectivity index (χ0n) is 6.13. The zero-order valence-corrected chi connectivity index (χ0v) is 6.13. The second-order valence-electron chi connectivity index (χ2n) is 1.44. The van der Waals surface area contributed by atoms with E-state index < -0.39 is 0 Å². The smallest absolute Gasteiger partial charge is 0.0693 e. The van der Waals surface area contributed by atoms with Crippen LogP contribution in [0, 0.1) is 0 Å². The van der Waals surface area contributed by atoms with Crippen LogP contribution in [0.5, 0.6) is 0 Å². The number of aliphatic hydroxyl groups is 2.